The third-order valence-electron chi connectivity index (χ3n) is 2.70. The van der Waals surface area contributed by atoms with Crippen molar-refractivity contribution in [2.75, 3.05) is 5.73 Å². The first-order valence-corrected chi connectivity index (χ1v) is 5.85. The highest BCUT2D eigenvalue weighted by Crippen LogP contribution is 2.21. The number of nitrogens with zero attached hydrogens (tertiary/aromatic N) is 2. The predicted octanol–water partition coefficient (Wildman–Crippen LogP) is 1.46. The van der Waals surface area contributed by atoms with Gasteiger partial charge < -0.3 is 5.73 Å². The molecule has 1 unspecified atom stereocenters. The molecule has 0 bridgehead atoms. The van der Waals surface area contributed by atoms with Gasteiger partial charge in [-0.15, -0.1) is 0 Å². The van der Waals surface area contributed by atoms with Gasteiger partial charge in [0.15, 0.2) is 0 Å². The van der Waals surface area contributed by atoms with E-state index in [4.69, 9.17) is 23.2 Å². The molecule has 0 spiro atoms. The van der Waals surface area contributed by atoms with Crippen LogP contribution in [0.1, 0.15) is 17.2 Å². The minimum absolute atomic E-state index is 0.0861. The molecule has 1 atom stereocenters. The first-order valence-electron chi connectivity index (χ1n) is 5.47. The number of pyridine rings is 2. The molecule has 0 aliphatic heterocycles. The molecule has 0 aliphatic carbocycles. The summed E-state index contributed by atoms with van der Waals surface area (Å²) in [4.78, 5) is 7.99. The third kappa shape index (κ3) is 2.95. The van der Waals surface area contributed by atoms with Crippen molar-refractivity contribution in [3.05, 3.63) is 52.9 Å². The number of halogens is 1. The monoisotopic (exact) mass is 263 g/mol. The molecule has 5 nitrogen and oxygen atoms in total. The maximum atomic E-state index is 5.86. The molecule has 0 radical (unpaired) electrons. The minimum Gasteiger partial charge on any atom is -0.383 e. The van der Waals surface area contributed by atoms with Gasteiger partial charge in [-0.1, -0.05) is 17.7 Å². The third-order valence-corrected chi connectivity index (χ3v) is 2.91. The fraction of sp³-hybridized carbons (Fsp3) is 0.167. The van der Waals surface area contributed by atoms with Crippen LogP contribution in [0.3, 0.4) is 0 Å². The van der Waals surface area contributed by atoms with Crippen molar-refractivity contribution >= 4 is 17.4 Å². The van der Waals surface area contributed by atoms with Crippen molar-refractivity contribution in [1.82, 2.24) is 15.4 Å². The number of hydrazine groups is 1. The summed E-state index contributed by atoms with van der Waals surface area (Å²) in [6.07, 6.45) is 3.94. The van der Waals surface area contributed by atoms with E-state index in [1.807, 2.05) is 18.2 Å². The summed E-state index contributed by atoms with van der Waals surface area (Å²) in [5.74, 6) is 6.09. The number of hydrogen-bond donors (Lipinski definition) is 3. The van der Waals surface area contributed by atoms with E-state index in [9.17, 15) is 0 Å². The van der Waals surface area contributed by atoms with E-state index in [2.05, 4.69) is 15.4 Å². The zero-order valence-electron chi connectivity index (χ0n) is 9.68. The lowest BCUT2D eigenvalue weighted by Crippen LogP contribution is -2.29. The molecule has 2 rings (SSSR count). The molecule has 0 fully saturated rings. The molecule has 0 saturated heterocycles. The highest BCUT2D eigenvalue weighted by molar-refractivity contribution is 6.29. The minimum atomic E-state index is -0.0861. The molecule has 0 saturated carbocycles. The topological polar surface area (TPSA) is 89.8 Å². The number of hydrogen-bond acceptors (Lipinski definition) is 5. The van der Waals surface area contributed by atoms with Gasteiger partial charge in [-0.25, -0.2) is 9.97 Å². The first kappa shape index (κ1) is 12.8. The maximum absolute atomic E-state index is 5.86. The Morgan fingerprint density at radius 3 is 2.78 bits per heavy atom. The smallest absolute Gasteiger partial charge is 0.129 e. The quantitative estimate of drug-likeness (QED) is 0.441. The van der Waals surface area contributed by atoms with Crippen molar-refractivity contribution in [1.29, 1.82) is 0 Å². The molecule has 6 heteroatoms. The molecular weight excluding hydrogens is 250 g/mol. The lowest BCUT2D eigenvalue weighted by molar-refractivity contribution is 0.551. The van der Waals surface area contributed by atoms with Crippen LogP contribution in [-0.4, -0.2) is 9.97 Å². The van der Waals surface area contributed by atoms with Gasteiger partial charge in [0.25, 0.3) is 0 Å². The second-order valence-corrected chi connectivity index (χ2v) is 4.27. The summed E-state index contributed by atoms with van der Waals surface area (Å²) in [5, 5.41) is 0.437. The molecule has 0 aliphatic rings. The lowest BCUT2D eigenvalue weighted by atomic mass is 10.0. The zero-order chi connectivity index (χ0) is 13.0. The Balaban J connectivity index is 2.23. The maximum Gasteiger partial charge on any atom is 0.129 e. The van der Waals surface area contributed by atoms with Crippen molar-refractivity contribution in [2.24, 2.45) is 5.84 Å². The molecular formula is C12H14ClN5. The van der Waals surface area contributed by atoms with Crippen LogP contribution in [0.4, 0.5) is 5.82 Å². The van der Waals surface area contributed by atoms with Crippen molar-refractivity contribution in [3.8, 4) is 0 Å². The van der Waals surface area contributed by atoms with Gasteiger partial charge in [-0.05, 0) is 35.7 Å². The average Bonchev–Trinajstić information content (AvgIpc) is 2.38. The fourth-order valence-corrected chi connectivity index (χ4v) is 1.93. The Bertz CT molecular complexity index is 531. The Morgan fingerprint density at radius 2 is 2.11 bits per heavy atom. The second-order valence-electron chi connectivity index (χ2n) is 3.88. The second kappa shape index (κ2) is 5.77. The Hall–Kier alpha value is -1.69. The van der Waals surface area contributed by atoms with Crippen molar-refractivity contribution in [2.45, 2.75) is 12.5 Å². The Kier molecular flexibility index (Phi) is 4.09. The fourth-order valence-electron chi connectivity index (χ4n) is 1.75. The van der Waals surface area contributed by atoms with Crippen molar-refractivity contribution < 1.29 is 0 Å². The molecule has 2 aromatic heterocycles. The van der Waals surface area contributed by atoms with Gasteiger partial charge in [0.05, 0.1) is 6.04 Å². The zero-order valence-corrected chi connectivity index (χ0v) is 10.4. The van der Waals surface area contributed by atoms with Gasteiger partial charge in [0, 0.05) is 12.4 Å². The van der Waals surface area contributed by atoms with Crippen LogP contribution >= 0.6 is 11.6 Å². The van der Waals surface area contributed by atoms with E-state index in [0.717, 1.165) is 11.1 Å². The average molecular weight is 264 g/mol. The van der Waals surface area contributed by atoms with E-state index >= 15 is 0 Å². The van der Waals surface area contributed by atoms with Crippen LogP contribution in [0.15, 0.2) is 36.7 Å². The van der Waals surface area contributed by atoms with E-state index in [1.54, 1.807) is 18.5 Å². The number of rotatable bonds is 4. The Labute approximate surface area is 110 Å². The summed E-state index contributed by atoms with van der Waals surface area (Å²) in [7, 11) is 0. The number of nitrogen functional groups attached to an aromatic ring is 1. The molecule has 2 aromatic rings. The molecule has 0 amide bonds. The standard InChI is InChI=1S/C12H14ClN5/c13-11-7-8(3-5-16-11)10(18-15)6-9-2-1-4-17-12(9)14/h1-5,7,10,18H,6,15H2,(H2,14,17). The lowest BCUT2D eigenvalue weighted by Gasteiger charge is -2.17. The van der Waals surface area contributed by atoms with E-state index in [0.29, 0.717) is 17.4 Å². The van der Waals surface area contributed by atoms with Gasteiger partial charge in [-0.3, -0.25) is 11.3 Å². The molecule has 0 aromatic carbocycles. The number of nitrogens with one attached hydrogen (secondary N) is 1. The largest absolute Gasteiger partial charge is 0.383 e. The first-order chi connectivity index (χ1) is 8.70. The summed E-state index contributed by atoms with van der Waals surface area (Å²) in [5.41, 5.74) is 10.5. The molecule has 5 N–H and O–H groups in total. The van der Waals surface area contributed by atoms with Crippen molar-refractivity contribution in [3.63, 3.8) is 0 Å². The summed E-state index contributed by atoms with van der Waals surface area (Å²) in [6, 6.07) is 7.33. The highest BCUT2D eigenvalue weighted by atomic mass is 35.5. The van der Waals surface area contributed by atoms with Crippen LogP contribution < -0.4 is 17.0 Å². The summed E-state index contributed by atoms with van der Waals surface area (Å²) < 4.78 is 0. The van der Waals surface area contributed by atoms with Gasteiger partial charge in [0.1, 0.15) is 11.0 Å². The molecule has 2 heterocycles. The molecule has 18 heavy (non-hydrogen) atoms. The van der Waals surface area contributed by atoms with Crippen LogP contribution in [-0.2, 0) is 6.42 Å². The van der Waals surface area contributed by atoms with Gasteiger partial charge >= 0.3 is 0 Å². The van der Waals surface area contributed by atoms with Crippen LogP contribution in [0.25, 0.3) is 0 Å². The van der Waals surface area contributed by atoms with Crippen LogP contribution in [0, 0.1) is 0 Å². The number of anilines is 1. The van der Waals surface area contributed by atoms with Crippen LogP contribution in [0.5, 0.6) is 0 Å². The SMILES string of the molecule is NNC(Cc1cccnc1N)c1ccnc(Cl)c1. The highest BCUT2D eigenvalue weighted by Gasteiger charge is 2.13. The van der Waals surface area contributed by atoms with E-state index in [-0.39, 0.29) is 6.04 Å². The summed E-state index contributed by atoms with van der Waals surface area (Å²) in [6.45, 7) is 0. The van der Waals surface area contributed by atoms with E-state index in [1.165, 1.54) is 0 Å². The normalized spacial score (nSPS) is 12.3. The predicted molar refractivity (Wildman–Crippen MR) is 71.7 cm³/mol. The van der Waals surface area contributed by atoms with Crippen LogP contribution in [0.2, 0.25) is 5.15 Å². The van der Waals surface area contributed by atoms with Gasteiger partial charge in [-0.2, -0.15) is 0 Å². The molecule has 94 valence electrons. The Morgan fingerprint density at radius 1 is 1.28 bits per heavy atom. The van der Waals surface area contributed by atoms with Gasteiger partial charge in [0.2, 0.25) is 0 Å². The number of nitrogens with two attached hydrogens (primary N) is 2. The van der Waals surface area contributed by atoms with E-state index < -0.39 is 0 Å². The number of aromatic nitrogens is 2. The summed E-state index contributed by atoms with van der Waals surface area (Å²) >= 11 is 5.86.